The van der Waals surface area contributed by atoms with E-state index in [-0.39, 0.29) is 0 Å². The van der Waals surface area contributed by atoms with E-state index in [9.17, 15) is 0 Å². The fourth-order valence-electron chi connectivity index (χ4n) is 2.56. The molecule has 2 rings (SSSR count). The first-order valence-corrected chi connectivity index (χ1v) is 9.47. The first-order valence-electron chi connectivity index (χ1n) is 6.39. The highest BCUT2D eigenvalue weighted by atomic mass is 28.3. The maximum absolute atomic E-state index is 4.06. The molecule has 0 aromatic heterocycles. The molecule has 0 heterocycles. The summed E-state index contributed by atoms with van der Waals surface area (Å²) < 4.78 is 0. The van der Waals surface area contributed by atoms with Gasteiger partial charge in [0.2, 0.25) is 0 Å². The lowest BCUT2D eigenvalue weighted by Crippen LogP contribution is -2.46. The van der Waals surface area contributed by atoms with E-state index >= 15 is 0 Å². The van der Waals surface area contributed by atoms with Crippen LogP contribution in [0, 0.1) is 0 Å². The highest BCUT2D eigenvalue weighted by molar-refractivity contribution is 6.91. The van der Waals surface area contributed by atoms with Crippen LogP contribution in [-0.2, 0) is 0 Å². The SMILES string of the molecule is C=C[C@@H](c1ccccc1)[Si](C)(C)c1ccccc1. The van der Waals surface area contributed by atoms with Gasteiger partial charge >= 0.3 is 0 Å². The number of hydrogen-bond donors (Lipinski definition) is 0. The van der Waals surface area contributed by atoms with Gasteiger partial charge in [-0.25, -0.2) is 0 Å². The fraction of sp³-hybridized carbons (Fsp3) is 0.176. The molecule has 0 amide bonds. The summed E-state index contributed by atoms with van der Waals surface area (Å²) in [5, 5.41) is 1.48. The molecule has 0 radical (unpaired) electrons. The van der Waals surface area contributed by atoms with Crippen LogP contribution in [0.4, 0.5) is 0 Å². The van der Waals surface area contributed by atoms with Crippen LogP contribution in [0.25, 0.3) is 0 Å². The van der Waals surface area contributed by atoms with Crippen LogP contribution in [0.5, 0.6) is 0 Å². The fourth-order valence-corrected chi connectivity index (χ4v) is 5.58. The third-order valence-electron chi connectivity index (χ3n) is 3.69. The summed E-state index contributed by atoms with van der Waals surface area (Å²) in [5.74, 6) is 0. The Morgan fingerprint density at radius 1 is 0.889 bits per heavy atom. The normalized spacial score (nSPS) is 13.0. The van der Waals surface area contributed by atoms with Crippen LogP contribution in [-0.4, -0.2) is 8.07 Å². The molecule has 92 valence electrons. The van der Waals surface area contributed by atoms with Gasteiger partial charge in [0.05, 0.1) is 8.07 Å². The predicted octanol–water partition coefficient (Wildman–Crippen LogP) is 4.11. The van der Waals surface area contributed by atoms with Crippen molar-refractivity contribution in [2.24, 2.45) is 0 Å². The molecular weight excluding hydrogens is 232 g/mol. The van der Waals surface area contributed by atoms with Crippen LogP contribution < -0.4 is 5.19 Å². The molecule has 0 aliphatic rings. The summed E-state index contributed by atoms with van der Waals surface area (Å²) in [6.07, 6.45) is 2.12. The molecule has 0 aliphatic carbocycles. The monoisotopic (exact) mass is 252 g/mol. The summed E-state index contributed by atoms with van der Waals surface area (Å²) in [6, 6.07) is 21.6. The first kappa shape index (κ1) is 12.8. The Morgan fingerprint density at radius 2 is 1.39 bits per heavy atom. The van der Waals surface area contributed by atoms with Gasteiger partial charge in [-0.15, -0.1) is 6.58 Å². The Morgan fingerprint density at radius 3 is 1.89 bits per heavy atom. The van der Waals surface area contributed by atoms with Gasteiger partial charge in [-0.1, -0.05) is 85.0 Å². The van der Waals surface area contributed by atoms with E-state index in [4.69, 9.17) is 0 Å². The Hall–Kier alpha value is -1.60. The topological polar surface area (TPSA) is 0 Å². The average molecular weight is 252 g/mol. The Balaban J connectivity index is 2.42. The van der Waals surface area contributed by atoms with Gasteiger partial charge in [-0.3, -0.25) is 0 Å². The standard InChI is InChI=1S/C17H20Si/c1-4-17(15-11-7-5-8-12-15)18(2,3)16-13-9-6-10-14-16/h4-14,17H,1H2,2-3H3/t17-/m0/s1. The second kappa shape index (κ2) is 5.36. The Kier molecular flexibility index (Phi) is 3.83. The Labute approximate surface area is 111 Å². The molecule has 0 spiro atoms. The molecule has 0 saturated heterocycles. The second-order valence-electron chi connectivity index (χ2n) is 5.21. The van der Waals surface area contributed by atoms with Crippen molar-refractivity contribution in [2.75, 3.05) is 0 Å². The van der Waals surface area contributed by atoms with Crippen molar-refractivity contribution >= 4 is 13.3 Å². The summed E-state index contributed by atoms with van der Waals surface area (Å²) in [6.45, 7) is 8.90. The molecule has 1 atom stereocenters. The van der Waals surface area contributed by atoms with Crippen LogP contribution in [0.2, 0.25) is 13.1 Å². The van der Waals surface area contributed by atoms with Gasteiger partial charge in [-0.05, 0) is 5.56 Å². The summed E-state index contributed by atoms with van der Waals surface area (Å²) in [5.41, 5.74) is 1.84. The molecule has 2 aromatic rings. The first-order chi connectivity index (χ1) is 8.66. The van der Waals surface area contributed by atoms with Gasteiger partial charge in [0.1, 0.15) is 0 Å². The minimum Gasteiger partial charge on any atom is -0.103 e. The summed E-state index contributed by atoms with van der Waals surface area (Å²) >= 11 is 0. The lowest BCUT2D eigenvalue weighted by Gasteiger charge is -2.31. The molecule has 0 aliphatic heterocycles. The summed E-state index contributed by atoms with van der Waals surface area (Å²) in [7, 11) is -1.57. The van der Waals surface area contributed by atoms with Crippen molar-refractivity contribution in [3.63, 3.8) is 0 Å². The van der Waals surface area contributed by atoms with E-state index < -0.39 is 8.07 Å². The molecule has 0 fully saturated rings. The molecule has 18 heavy (non-hydrogen) atoms. The van der Waals surface area contributed by atoms with Crippen molar-refractivity contribution in [3.8, 4) is 0 Å². The highest BCUT2D eigenvalue weighted by Gasteiger charge is 2.32. The minimum atomic E-state index is -1.57. The molecule has 0 N–H and O–H groups in total. The lowest BCUT2D eigenvalue weighted by molar-refractivity contribution is 1.15. The zero-order chi connectivity index (χ0) is 13.0. The van der Waals surface area contributed by atoms with Crippen LogP contribution in [0.15, 0.2) is 73.3 Å². The van der Waals surface area contributed by atoms with Gasteiger partial charge in [0, 0.05) is 5.54 Å². The molecule has 2 aromatic carbocycles. The van der Waals surface area contributed by atoms with Crippen LogP contribution in [0.1, 0.15) is 11.1 Å². The van der Waals surface area contributed by atoms with Gasteiger partial charge < -0.3 is 0 Å². The molecule has 0 saturated carbocycles. The molecule has 0 nitrogen and oxygen atoms in total. The van der Waals surface area contributed by atoms with Crippen molar-refractivity contribution < 1.29 is 0 Å². The van der Waals surface area contributed by atoms with Crippen molar-refractivity contribution in [1.29, 1.82) is 0 Å². The minimum absolute atomic E-state index is 0.459. The number of rotatable bonds is 4. The summed E-state index contributed by atoms with van der Waals surface area (Å²) in [4.78, 5) is 0. The quantitative estimate of drug-likeness (QED) is 0.567. The van der Waals surface area contributed by atoms with Crippen LogP contribution in [0.3, 0.4) is 0 Å². The van der Waals surface area contributed by atoms with E-state index in [0.29, 0.717) is 5.54 Å². The van der Waals surface area contributed by atoms with E-state index in [1.54, 1.807) is 0 Å². The largest absolute Gasteiger partial charge is 0.103 e. The van der Waals surface area contributed by atoms with Gasteiger partial charge in [-0.2, -0.15) is 0 Å². The molecule has 1 heteroatoms. The zero-order valence-electron chi connectivity index (χ0n) is 11.1. The van der Waals surface area contributed by atoms with Crippen LogP contribution >= 0.6 is 0 Å². The number of hydrogen-bond acceptors (Lipinski definition) is 0. The maximum Gasteiger partial charge on any atom is 0.0919 e. The maximum atomic E-state index is 4.06. The van der Waals surface area contributed by atoms with E-state index in [1.807, 2.05) is 0 Å². The smallest absolute Gasteiger partial charge is 0.0919 e. The Bertz CT molecular complexity index is 500. The molecular formula is C17H20Si. The number of allylic oxidation sites excluding steroid dienone is 1. The van der Waals surface area contributed by atoms with E-state index in [2.05, 4.69) is 86.4 Å². The second-order valence-corrected chi connectivity index (χ2v) is 9.85. The van der Waals surface area contributed by atoms with Crippen molar-refractivity contribution in [3.05, 3.63) is 78.9 Å². The van der Waals surface area contributed by atoms with Gasteiger partial charge in [0.15, 0.2) is 0 Å². The molecule has 0 bridgehead atoms. The highest BCUT2D eigenvalue weighted by Crippen LogP contribution is 2.27. The predicted molar refractivity (Wildman–Crippen MR) is 82.9 cm³/mol. The zero-order valence-corrected chi connectivity index (χ0v) is 12.1. The molecule has 0 unspecified atom stereocenters. The average Bonchev–Trinajstić information content (AvgIpc) is 2.41. The van der Waals surface area contributed by atoms with Crippen molar-refractivity contribution in [2.45, 2.75) is 18.6 Å². The number of benzene rings is 2. The van der Waals surface area contributed by atoms with E-state index in [1.165, 1.54) is 10.8 Å². The third-order valence-corrected chi connectivity index (χ3v) is 7.64. The van der Waals surface area contributed by atoms with Gasteiger partial charge in [0.25, 0.3) is 0 Å². The van der Waals surface area contributed by atoms with E-state index in [0.717, 1.165) is 0 Å². The third kappa shape index (κ3) is 2.46. The lowest BCUT2D eigenvalue weighted by atomic mass is 10.1. The van der Waals surface area contributed by atoms with Crippen molar-refractivity contribution in [1.82, 2.24) is 0 Å².